The fourth-order valence-corrected chi connectivity index (χ4v) is 6.14. The molecule has 0 radical (unpaired) electrons. The molecule has 4 atom stereocenters. The van der Waals surface area contributed by atoms with E-state index in [4.69, 9.17) is 31.6 Å². The van der Waals surface area contributed by atoms with Crippen LogP contribution in [0.1, 0.15) is 27.8 Å². The van der Waals surface area contributed by atoms with Crippen LogP contribution in [-0.4, -0.2) is 30.4 Å². The van der Waals surface area contributed by atoms with Crippen molar-refractivity contribution in [3.8, 4) is 0 Å². The van der Waals surface area contributed by atoms with Gasteiger partial charge in [0, 0.05) is 0 Å². The van der Waals surface area contributed by atoms with E-state index in [2.05, 4.69) is 60.7 Å². The SMILES string of the molecule is S[C@H]1O[C@@H](COC(c2ccccc2)(c2ccccc2)c2ccccc2)[C@@H](OCc2ccccc2)[C@@H]1OCc1ccccc1. The lowest BCUT2D eigenvalue weighted by Crippen LogP contribution is -2.41. The van der Waals surface area contributed by atoms with Crippen LogP contribution in [0.2, 0.25) is 0 Å². The molecule has 5 aromatic rings. The van der Waals surface area contributed by atoms with Gasteiger partial charge in [0.15, 0.2) is 0 Å². The third-order valence-electron chi connectivity index (χ3n) is 7.86. The van der Waals surface area contributed by atoms with E-state index in [1.807, 2.05) is 91.0 Å². The summed E-state index contributed by atoms with van der Waals surface area (Å²) in [7, 11) is 0. The summed E-state index contributed by atoms with van der Waals surface area (Å²) in [6.07, 6.45) is -1.20. The van der Waals surface area contributed by atoms with Crippen LogP contribution >= 0.6 is 12.6 Å². The first-order chi connectivity index (χ1) is 21.2. The molecule has 5 heteroatoms. The van der Waals surface area contributed by atoms with Gasteiger partial charge in [0.1, 0.15) is 29.3 Å². The van der Waals surface area contributed by atoms with Gasteiger partial charge in [-0.15, -0.1) is 12.6 Å². The quantitative estimate of drug-likeness (QED) is 0.119. The van der Waals surface area contributed by atoms with Crippen LogP contribution in [0.25, 0.3) is 0 Å². The van der Waals surface area contributed by atoms with E-state index in [-0.39, 0.29) is 12.7 Å². The molecule has 0 amide bonds. The predicted octanol–water partition coefficient (Wildman–Crippen LogP) is 7.82. The minimum atomic E-state index is -0.869. The van der Waals surface area contributed by atoms with E-state index in [0.717, 1.165) is 27.8 Å². The molecule has 0 bridgehead atoms. The van der Waals surface area contributed by atoms with Crippen LogP contribution in [0.4, 0.5) is 0 Å². The summed E-state index contributed by atoms with van der Waals surface area (Å²) in [5.74, 6) is 0. The zero-order valence-electron chi connectivity index (χ0n) is 23.9. The van der Waals surface area contributed by atoms with Crippen molar-refractivity contribution in [3.63, 3.8) is 0 Å². The summed E-state index contributed by atoms with van der Waals surface area (Å²) in [4.78, 5) is 0. The molecule has 5 aromatic carbocycles. The Morgan fingerprint density at radius 2 is 0.884 bits per heavy atom. The normalized spacial score (nSPS) is 20.2. The molecule has 1 heterocycles. The van der Waals surface area contributed by atoms with Gasteiger partial charge in [0.25, 0.3) is 0 Å². The van der Waals surface area contributed by atoms with Gasteiger partial charge in [-0.05, 0) is 27.8 Å². The topological polar surface area (TPSA) is 36.9 Å². The van der Waals surface area contributed by atoms with Gasteiger partial charge >= 0.3 is 0 Å². The Bertz CT molecular complexity index is 1420. The lowest BCUT2D eigenvalue weighted by Gasteiger charge is -2.37. The van der Waals surface area contributed by atoms with Crippen molar-refractivity contribution in [2.24, 2.45) is 0 Å². The van der Waals surface area contributed by atoms with Gasteiger partial charge in [0.2, 0.25) is 0 Å². The van der Waals surface area contributed by atoms with E-state index >= 15 is 0 Å². The Hall–Kier alpha value is -3.71. The van der Waals surface area contributed by atoms with Crippen molar-refractivity contribution in [3.05, 3.63) is 179 Å². The van der Waals surface area contributed by atoms with E-state index in [1.165, 1.54) is 0 Å². The molecule has 43 heavy (non-hydrogen) atoms. The summed E-state index contributed by atoms with van der Waals surface area (Å²) in [6.45, 7) is 1.13. The summed E-state index contributed by atoms with van der Waals surface area (Å²) in [5.41, 5.74) is 3.92. The molecule has 1 aliphatic rings. The highest BCUT2D eigenvalue weighted by Crippen LogP contribution is 2.41. The second kappa shape index (κ2) is 14.2. The molecule has 0 saturated carbocycles. The van der Waals surface area contributed by atoms with Gasteiger partial charge in [-0.1, -0.05) is 152 Å². The molecular formula is C38H36O4S. The molecule has 0 N–H and O–H groups in total. The molecule has 4 nitrogen and oxygen atoms in total. The summed E-state index contributed by atoms with van der Waals surface area (Å²) < 4.78 is 26.6. The Kier molecular flexibility index (Phi) is 9.68. The average molecular weight is 589 g/mol. The van der Waals surface area contributed by atoms with Gasteiger partial charge in [0.05, 0.1) is 19.8 Å². The first kappa shape index (κ1) is 29.4. The fraction of sp³-hybridized carbons (Fsp3) is 0.211. The number of benzene rings is 5. The summed E-state index contributed by atoms with van der Waals surface area (Å²) in [6, 6.07) is 51.4. The molecule has 0 aromatic heterocycles. The van der Waals surface area contributed by atoms with Crippen molar-refractivity contribution in [1.29, 1.82) is 0 Å². The molecular weight excluding hydrogens is 552 g/mol. The van der Waals surface area contributed by atoms with E-state index in [1.54, 1.807) is 0 Å². The van der Waals surface area contributed by atoms with Crippen molar-refractivity contribution in [1.82, 2.24) is 0 Å². The van der Waals surface area contributed by atoms with Crippen LogP contribution in [0.15, 0.2) is 152 Å². The minimum absolute atomic E-state index is 0.264. The summed E-state index contributed by atoms with van der Waals surface area (Å²) in [5, 5.41) is 0. The number of rotatable bonds is 12. The van der Waals surface area contributed by atoms with E-state index < -0.39 is 23.2 Å². The van der Waals surface area contributed by atoms with E-state index in [9.17, 15) is 0 Å². The third kappa shape index (κ3) is 6.77. The molecule has 6 rings (SSSR count). The highest BCUT2D eigenvalue weighted by molar-refractivity contribution is 7.80. The molecule has 1 fully saturated rings. The van der Waals surface area contributed by atoms with E-state index in [0.29, 0.717) is 13.2 Å². The van der Waals surface area contributed by atoms with Crippen LogP contribution < -0.4 is 0 Å². The van der Waals surface area contributed by atoms with Gasteiger partial charge in [-0.2, -0.15) is 0 Å². The van der Waals surface area contributed by atoms with Crippen LogP contribution in [0, 0.1) is 0 Å². The standard InChI is InChI=1S/C38H36O4S/c43-37-36(40-27-30-18-8-2-9-19-30)35(39-26-29-16-6-1-7-17-29)34(42-37)28-41-38(31-20-10-3-11-21-31,32-22-12-4-13-23-32)33-24-14-5-15-25-33/h1-25,34-37,43H,26-28H2/t34-,35+,36-,37+/m0/s1. The van der Waals surface area contributed by atoms with Gasteiger partial charge in [-0.3, -0.25) is 0 Å². The van der Waals surface area contributed by atoms with Crippen LogP contribution in [0.3, 0.4) is 0 Å². The molecule has 1 aliphatic heterocycles. The molecule has 1 saturated heterocycles. The van der Waals surface area contributed by atoms with Crippen molar-refractivity contribution >= 4 is 12.6 Å². The smallest absolute Gasteiger partial charge is 0.143 e. The first-order valence-corrected chi connectivity index (χ1v) is 15.2. The molecule has 0 aliphatic carbocycles. The fourth-order valence-electron chi connectivity index (χ4n) is 5.73. The Balaban J connectivity index is 1.32. The first-order valence-electron chi connectivity index (χ1n) is 14.7. The maximum absolute atomic E-state index is 7.12. The largest absolute Gasteiger partial charge is 0.368 e. The lowest BCUT2D eigenvalue weighted by atomic mass is 9.80. The van der Waals surface area contributed by atoms with Crippen molar-refractivity contribution in [2.45, 2.75) is 42.6 Å². The highest BCUT2D eigenvalue weighted by atomic mass is 32.1. The molecule has 218 valence electrons. The minimum Gasteiger partial charge on any atom is -0.368 e. The predicted molar refractivity (Wildman–Crippen MR) is 173 cm³/mol. The Labute approximate surface area is 259 Å². The average Bonchev–Trinajstić information content (AvgIpc) is 3.39. The third-order valence-corrected chi connectivity index (χ3v) is 8.28. The molecule has 0 spiro atoms. The Morgan fingerprint density at radius 3 is 1.30 bits per heavy atom. The molecule has 0 unspecified atom stereocenters. The maximum Gasteiger partial charge on any atom is 0.143 e. The zero-order chi connectivity index (χ0) is 29.3. The second-order valence-electron chi connectivity index (χ2n) is 10.7. The highest BCUT2D eigenvalue weighted by Gasteiger charge is 2.47. The number of hydrogen-bond acceptors (Lipinski definition) is 5. The van der Waals surface area contributed by atoms with Crippen molar-refractivity contribution in [2.75, 3.05) is 6.61 Å². The van der Waals surface area contributed by atoms with Crippen molar-refractivity contribution < 1.29 is 18.9 Å². The van der Waals surface area contributed by atoms with Crippen LogP contribution in [0.5, 0.6) is 0 Å². The maximum atomic E-state index is 7.12. The number of ether oxygens (including phenoxy) is 4. The lowest BCUT2D eigenvalue weighted by molar-refractivity contribution is -0.105. The summed E-state index contributed by atoms with van der Waals surface area (Å²) >= 11 is 4.83. The van der Waals surface area contributed by atoms with Gasteiger partial charge < -0.3 is 18.9 Å². The monoisotopic (exact) mass is 588 g/mol. The number of thiol groups is 1. The second-order valence-corrected chi connectivity index (χ2v) is 11.2. The van der Waals surface area contributed by atoms with Gasteiger partial charge in [-0.25, -0.2) is 0 Å². The zero-order valence-corrected chi connectivity index (χ0v) is 24.8. The Morgan fingerprint density at radius 1 is 0.512 bits per heavy atom. The van der Waals surface area contributed by atoms with Crippen LogP contribution in [-0.2, 0) is 37.8 Å². The number of hydrogen-bond donors (Lipinski definition) is 1.